The molecule has 1 amide bonds. The maximum atomic E-state index is 12.6. The van der Waals surface area contributed by atoms with Gasteiger partial charge in [-0.3, -0.25) is 9.78 Å². The smallest absolute Gasteiger partial charge is 0.246 e. The minimum Gasteiger partial charge on any atom is -0.361 e. The maximum absolute atomic E-state index is 12.6. The molecule has 1 unspecified atom stereocenters. The molecule has 1 atom stereocenters. The summed E-state index contributed by atoms with van der Waals surface area (Å²) in [5.41, 5.74) is 4.96. The fraction of sp³-hybridized carbons (Fsp3) is 0.292. The van der Waals surface area contributed by atoms with Gasteiger partial charge in [0.2, 0.25) is 5.91 Å². The Bertz CT molecular complexity index is 987. The fourth-order valence-corrected chi connectivity index (χ4v) is 3.95. The quantitative estimate of drug-likeness (QED) is 0.605. The fourth-order valence-electron chi connectivity index (χ4n) is 3.95. The number of carbonyl (C=O) groups is 1. The van der Waals surface area contributed by atoms with E-state index in [0.29, 0.717) is 6.54 Å². The predicted molar refractivity (Wildman–Crippen MR) is 113 cm³/mol. The third kappa shape index (κ3) is 4.29. The van der Waals surface area contributed by atoms with Crippen molar-refractivity contribution in [3.63, 3.8) is 0 Å². The van der Waals surface area contributed by atoms with E-state index in [-0.39, 0.29) is 11.8 Å². The van der Waals surface area contributed by atoms with E-state index in [1.54, 1.807) is 6.08 Å². The lowest BCUT2D eigenvalue weighted by Crippen LogP contribution is -2.38. The van der Waals surface area contributed by atoms with Crippen LogP contribution in [0.15, 0.2) is 59.3 Å². The van der Waals surface area contributed by atoms with E-state index in [1.165, 1.54) is 0 Å². The lowest BCUT2D eigenvalue weighted by molar-refractivity contribution is -0.127. The van der Waals surface area contributed by atoms with E-state index in [4.69, 9.17) is 9.51 Å². The van der Waals surface area contributed by atoms with E-state index >= 15 is 0 Å². The Labute approximate surface area is 171 Å². The summed E-state index contributed by atoms with van der Waals surface area (Å²) in [6.45, 7) is 5.35. The van der Waals surface area contributed by atoms with Crippen LogP contribution in [0.2, 0.25) is 0 Å². The third-order valence-corrected chi connectivity index (χ3v) is 5.48. The molecule has 1 aliphatic heterocycles. The van der Waals surface area contributed by atoms with Crippen LogP contribution in [0.4, 0.5) is 0 Å². The van der Waals surface area contributed by atoms with Crippen LogP contribution in [0.3, 0.4) is 0 Å². The molecule has 1 aliphatic rings. The van der Waals surface area contributed by atoms with Crippen LogP contribution in [-0.4, -0.2) is 34.0 Å². The molecule has 0 bridgehead atoms. The summed E-state index contributed by atoms with van der Waals surface area (Å²) in [4.78, 5) is 19.3. The van der Waals surface area contributed by atoms with Gasteiger partial charge >= 0.3 is 0 Å². The summed E-state index contributed by atoms with van der Waals surface area (Å²) in [6.07, 6.45) is 7.47. The van der Waals surface area contributed by atoms with E-state index in [0.717, 1.165) is 53.2 Å². The van der Waals surface area contributed by atoms with Crippen molar-refractivity contribution in [3.8, 4) is 11.1 Å². The van der Waals surface area contributed by atoms with Crippen LogP contribution in [0.1, 0.15) is 41.5 Å². The minimum absolute atomic E-state index is 0.0610. The summed E-state index contributed by atoms with van der Waals surface area (Å²) in [7, 11) is 0. The van der Waals surface area contributed by atoms with E-state index < -0.39 is 0 Å². The van der Waals surface area contributed by atoms with Crippen LogP contribution in [-0.2, 0) is 4.79 Å². The molecule has 0 radical (unpaired) electrons. The number of hydrogen-bond donors (Lipinski definition) is 0. The Morgan fingerprint density at radius 3 is 2.69 bits per heavy atom. The van der Waals surface area contributed by atoms with Crippen molar-refractivity contribution in [2.45, 2.75) is 32.6 Å². The largest absolute Gasteiger partial charge is 0.361 e. The number of aryl methyl sites for hydroxylation is 2. The highest BCUT2D eigenvalue weighted by Crippen LogP contribution is 2.30. The normalized spacial score (nSPS) is 17.0. The molecule has 0 saturated carbocycles. The highest BCUT2D eigenvalue weighted by atomic mass is 16.5. The summed E-state index contributed by atoms with van der Waals surface area (Å²) in [5.74, 6) is 1.12. The van der Waals surface area contributed by atoms with E-state index in [1.807, 2.05) is 61.4 Å². The van der Waals surface area contributed by atoms with Gasteiger partial charge in [0.15, 0.2) is 0 Å². The maximum Gasteiger partial charge on any atom is 0.246 e. The second-order valence-corrected chi connectivity index (χ2v) is 7.54. The third-order valence-electron chi connectivity index (χ3n) is 5.48. The number of pyridine rings is 1. The number of amides is 1. The topological polar surface area (TPSA) is 59.2 Å². The van der Waals surface area contributed by atoms with Crippen molar-refractivity contribution in [3.05, 3.63) is 77.4 Å². The first-order chi connectivity index (χ1) is 14.1. The summed E-state index contributed by atoms with van der Waals surface area (Å²) in [5, 5.41) is 4.02. The van der Waals surface area contributed by atoms with Crippen molar-refractivity contribution < 1.29 is 9.32 Å². The number of rotatable bonds is 4. The van der Waals surface area contributed by atoms with Gasteiger partial charge in [0, 0.05) is 48.1 Å². The van der Waals surface area contributed by atoms with Gasteiger partial charge in [0.1, 0.15) is 5.76 Å². The first-order valence-electron chi connectivity index (χ1n) is 10.0. The molecule has 5 nitrogen and oxygen atoms in total. The number of likely N-dealkylation sites (tertiary alicyclic amines) is 1. The van der Waals surface area contributed by atoms with Crippen molar-refractivity contribution in [2.24, 2.45) is 0 Å². The average Bonchev–Trinajstić information content (AvgIpc) is 3.11. The Morgan fingerprint density at radius 2 is 2.00 bits per heavy atom. The average molecular weight is 387 g/mol. The molecule has 4 rings (SSSR count). The molecule has 0 N–H and O–H groups in total. The molecule has 0 aliphatic carbocycles. The highest BCUT2D eigenvalue weighted by Gasteiger charge is 2.24. The molecule has 0 spiro atoms. The van der Waals surface area contributed by atoms with Crippen LogP contribution in [0.5, 0.6) is 0 Å². The molecule has 29 heavy (non-hydrogen) atoms. The zero-order valence-corrected chi connectivity index (χ0v) is 16.8. The van der Waals surface area contributed by atoms with Gasteiger partial charge in [-0.05, 0) is 44.4 Å². The number of benzene rings is 1. The number of carbonyl (C=O) groups excluding carboxylic acids is 1. The number of piperidine rings is 1. The standard InChI is InChI=1S/C24H25N3O2/c1-17-24(18(2)29-26-17)20-11-12-22(25-15-20)21-9-6-14-27(16-21)23(28)13-10-19-7-4-3-5-8-19/h3-5,7-8,10-13,15,21H,6,9,14,16H2,1-2H3/b13-10+. The van der Waals surface area contributed by atoms with Gasteiger partial charge in [-0.2, -0.15) is 0 Å². The lowest BCUT2D eigenvalue weighted by atomic mass is 9.93. The number of hydrogen-bond acceptors (Lipinski definition) is 4. The summed E-state index contributed by atoms with van der Waals surface area (Å²) < 4.78 is 5.26. The molecule has 3 heterocycles. The van der Waals surface area contributed by atoms with E-state index in [9.17, 15) is 4.79 Å². The van der Waals surface area contributed by atoms with Gasteiger partial charge < -0.3 is 9.42 Å². The first kappa shape index (κ1) is 19.1. The predicted octanol–water partition coefficient (Wildman–Crippen LogP) is 4.77. The number of aromatic nitrogens is 2. The second-order valence-electron chi connectivity index (χ2n) is 7.54. The SMILES string of the molecule is Cc1noc(C)c1-c1ccc(C2CCCN(C(=O)/C=C/c3ccccc3)C2)nc1. The molecule has 148 valence electrons. The van der Waals surface area contributed by atoms with Gasteiger partial charge in [0.05, 0.1) is 5.69 Å². The molecule has 5 heteroatoms. The van der Waals surface area contributed by atoms with Crippen LogP contribution in [0.25, 0.3) is 17.2 Å². The summed E-state index contributed by atoms with van der Waals surface area (Å²) >= 11 is 0. The molecule has 2 aromatic heterocycles. The highest BCUT2D eigenvalue weighted by molar-refractivity contribution is 5.91. The molecule has 1 saturated heterocycles. The Kier molecular flexibility index (Phi) is 5.56. The second kappa shape index (κ2) is 8.43. The van der Waals surface area contributed by atoms with Crippen molar-refractivity contribution >= 4 is 12.0 Å². The minimum atomic E-state index is 0.0610. The monoisotopic (exact) mass is 387 g/mol. The molecule has 3 aromatic rings. The van der Waals surface area contributed by atoms with Gasteiger partial charge in [-0.1, -0.05) is 41.6 Å². The molecular weight excluding hydrogens is 362 g/mol. The van der Waals surface area contributed by atoms with Crippen LogP contribution in [0, 0.1) is 13.8 Å². The van der Waals surface area contributed by atoms with Crippen LogP contribution >= 0.6 is 0 Å². The zero-order chi connectivity index (χ0) is 20.2. The van der Waals surface area contributed by atoms with Crippen molar-refractivity contribution in [2.75, 3.05) is 13.1 Å². The molecule has 1 fully saturated rings. The zero-order valence-electron chi connectivity index (χ0n) is 16.8. The first-order valence-corrected chi connectivity index (χ1v) is 10.0. The Balaban J connectivity index is 1.44. The van der Waals surface area contributed by atoms with Gasteiger partial charge in [0.25, 0.3) is 0 Å². The lowest BCUT2D eigenvalue weighted by Gasteiger charge is -2.32. The van der Waals surface area contributed by atoms with Crippen LogP contribution < -0.4 is 0 Å². The van der Waals surface area contributed by atoms with Gasteiger partial charge in [-0.15, -0.1) is 0 Å². The van der Waals surface area contributed by atoms with E-state index in [2.05, 4.69) is 17.3 Å². The Morgan fingerprint density at radius 1 is 1.17 bits per heavy atom. The number of nitrogens with zero attached hydrogens (tertiary/aromatic N) is 3. The van der Waals surface area contributed by atoms with Crippen molar-refractivity contribution in [1.29, 1.82) is 0 Å². The molecular formula is C24H25N3O2. The molecule has 1 aromatic carbocycles. The van der Waals surface area contributed by atoms with Crippen molar-refractivity contribution in [1.82, 2.24) is 15.0 Å². The van der Waals surface area contributed by atoms with Gasteiger partial charge in [-0.25, -0.2) is 0 Å². The summed E-state index contributed by atoms with van der Waals surface area (Å²) in [6, 6.07) is 14.0. The Hall–Kier alpha value is -3.21.